The molecule has 0 saturated carbocycles. The van der Waals surface area contributed by atoms with E-state index >= 15 is 0 Å². The maximum absolute atomic E-state index is 12.6. The Morgan fingerprint density at radius 3 is 2.15 bits per heavy atom. The van der Waals surface area contributed by atoms with Crippen molar-refractivity contribution >= 4 is 23.5 Å². The van der Waals surface area contributed by atoms with E-state index < -0.39 is 29.9 Å². The summed E-state index contributed by atoms with van der Waals surface area (Å²) in [7, 11) is 0. The minimum Gasteiger partial charge on any atom is -0.478 e. The minimum absolute atomic E-state index is 0.120. The number of benzene rings is 2. The number of amides is 2. The van der Waals surface area contributed by atoms with Crippen molar-refractivity contribution in [2.75, 3.05) is 5.32 Å². The van der Waals surface area contributed by atoms with Crippen LogP contribution in [0, 0.1) is 0 Å². The van der Waals surface area contributed by atoms with Crippen LogP contribution in [0.1, 0.15) is 22.8 Å². The first-order valence-electron chi connectivity index (χ1n) is 8.11. The Labute approximate surface area is 151 Å². The molecule has 26 heavy (non-hydrogen) atoms. The van der Waals surface area contributed by atoms with E-state index in [4.69, 9.17) is 10.8 Å². The largest absolute Gasteiger partial charge is 0.478 e. The normalized spacial score (nSPS) is 12.7. The van der Waals surface area contributed by atoms with Crippen LogP contribution in [0.2, 0.25) is 0 Å². The number of carbonyl (C=O) groups is 3. The zero-order valence-corrected chi connectivity index (χ0v) is 14.3. The van der Waals surface area contributed by atoms with Gasteiger partial charge in [-0.25, -0.2) is 4.79 Å². The molecule has 0 aliphatic carbocycles. The maximum atomic E-state index is 12.6. The Hall–Kier alpha value is -3.19. The van der Waals surface area contributed by atoms with Gasteiger partial charge in [0.2, 0.25) is 11.8 Å². The van der Waals surface area contributed by atoms with Crippen LogP contribution in [-0.4, -0.2) is 35.0 Å². The molecular formula is C19H21N3O4. The van der Waals surface area contributed by atoms with Crippen LogP contribution < -0.4 is 16.4 Å². The summed E-state index contributed by atoms with van der Waals surface area (Å²) >= 11 is 0. The molecule has 0 fully saturated rings. The first-order valence-corrected chi connectivity index (χ1v) is 8.11. The van der Waals surface area contributed by atoms with Gasteiger partial charge >= 0.3 is 5.97 Å². The van der Waals surface area contributed by atoms with Crippen molar-refractivity contribution in [2.45, 2.75) is 25.4 Å². The molecule has 0 radical (unpaired) electrons. The topological polar surface area (TPSA) is 122 Å². The summed E-state index contributed by atoms with van der Waals surface area (Å²) < 4.78 is 0. The summed E-state index contributed by atoms with van der Waals surface area (Å²) in [6.07, 6.45) is 0.304. The molecule has 7 nitrogen and oxygen atoms in total. The van der Waals surface area contributed by atoms with E-state index in [0.29, 0.717) is 12.1 Å². The first kappa shape index (κ1) is 19.1. The molecule has 0 aromatic heterocycles. The van der Waals surface area contributed by atoms with Crippen LogP contribution in [0.25, 0.3) is 0 Å². The van der Waals surface area contributed by atoms with Crippen LogP contribution in [0.4, 0.5) is 5.69 Å². The molecule has 7 heteroatoms. The van der Waals surface area contributed by atoms with Crippen molar-refractivity contribution in [1.29, 1.82) is 0 Å². The molecule has 2 rings (SSSR count). The lowest BCUT2D eigenvalue weighted by atomic mass is 10.0. The van der Waals surface area contributed by atoms with Crippen LogP contribution in [0.5, 0.6) is 0 Å². The molecule has 136 valence electrons. The van der Waals surface area contributed by atoms with Crippen molar-refractivity contribution < 1.29 is 19.5 Å². The third-order valence-electron chi connectivity index (χ3n) is 3.73. The number of nitrogens with one attached hydrogen (secondary N) is 2. The van der Waals surface area contributed by atoms with Crippen LogP contribution in [0.15, 0.2) is 54.6 Å². The fourth-order valence-corrected chi connectivity index (χ4v) is 2.29. The van der Waals surface area contributed by atoms with Gasteiger partial charge in [-0.3, -0.25) is 9.59 Å². The number of hydrogen-bond acceptors (Lipinski definition) is 4. The molecule has 0 bridgehead atoms. The zero-order valence-electron chi connectivity index (χ0n) is 14.3. The molecular weight excluding hydrogens is 334 g/mol. The van der Waals surface area contributed by atoms with E-state index in [1.165, 1.54) is 31.2 Å². The van der Waals surface area contributed by atoms with Crippen molar-refractivity contribution in [3.63, 3.8) is 0 Å². The first-order chi connectivity index (χ1) is 12.4. The lowest BCUT2D eigenvalue weighted by molar-refractivity contribution is -0.127. The zero-order chi connectivity index (χ0) is 19.1. The Balaban J connectivity index is 2.13. The highest BCUT2D eigenvalue weighted by Crippen LogP contribution is 2.11. The van der Waals surface area contributed by atoms with Gasteiger partial charge in [0.1, 0.15) is 6.04 Å². The smallest absolute Gasteiger partial charge is 0.335 e. The third-order valence-corrected chi connectivity index (χ3v) is 3.73. The Morgan fingerprint density at radius 2 is 1.62 bits per heavy atom. The van der Waals surface area contributed by atoms with E-state index in [9.17, 15) is 14.4 Å². The standard InChI is InChI=1S/C19H21N3O4/c1-12(20)17(23)22-16(11-13-5-3-2-4-6-13)18(24)21-15-9-7-14(8-10-15)19(25)26/h2-10,12,16H,11,20H2,1H3,(H,21,24)(H,22,23)(H,25,26)/t12-,16-/m0/s1. The summed E-state index contributed by atoms with van der Waals surface area (Å²) in [6, 6.07) is 13.5. The summed E-state index contributed by atoms with van der Waals surface area (Å²) in [4.78, 5) is 35.4. The summed E-state index contributed by atoms with van der Waals surface area (Å²) in [5.74, 6) is -1.89. The van der Waals surface area contributed by atoms with Gasteiger partial charge in [0.25, 0.3) is 0 Å². The van der Waals surface area contributed by atoms with Crippen molar-refractivity contribution in [3.05, 3.63) is 65.7 Å². The number of carboxylic acid groups (broad SMARTS) is 1. The van der Waals surface area contributed by atoms with Crippen LogP contribution in [0.3, 0.4) is 0 Å². The van der Waals surface area contributed by atoms with E-state index in [2.05, 4.69) is 10.6 Å². The average Bonchev–Trinajstić information content (AvgIpc) is 2.62. The summed E-state index contributed by atoms with van der Waals surface area (Å²) in [5.41, 5.74) is 7.02. The van der Waals surface area contributed by atoms with Gasteiger partial charge in [0.15, 0.2) is 0 Å². The second-order valence-corrected chi connectivity index (χ2v) is 5.91. The molecule has 0 heterocycles. The number of nitrogens with two attached hydrogens (primary N) is 1. The number of carbonyl (C=O) groups excluding carboxylic acids is 2. The highest BCUT2D eigenvalue weighted by molar-refractivity contribution is 5.98. The second kappa shape index (κ2) is 8.77. The van der Waals surface area contributed by atoms with E-state index in [1.807, 2.05) is 30.3 Å². The molecule has 2 amide bonds. The Morgan fingerprint density at radius 1 is 1.00 bits per heavy atom. The lowest BCUT2D eigenvalue weighted by Crippen LogP contribution is -2.50. The summed E-state index contributed by atoms with van der Waals surface area (Å²) in [5, 5.41) is 14.2. The molecule has 0 saturated heterocycles. The van der Waals surface area contributed by atoms with Gasteiger partial charge < -0.3 is 21.5 Å². The molecule has 0 aliphatic rings. The number of carboxylic acids is 1. The van der Waals surface area contributed by atoms with Crippen molar-refractivity contribution in [3.8, 4) is 0 Å². The highest BCUT2D eigenvalue weighted by atomic mass is 16.4. The second-order valence-electron chi connectivity index (χ2n) is 5.91. The Bertz CT molecular complexity index is 773. The average molecular weight is 355 g/mol. The predicted molar refractivity (Wildman–Crippen MR) is 97.8 cm³/mol. The van der Waals surface area contributed by atoms with Gasteiger partial charge in [-0.05, 0) is 36.8 Å². The third kappa shape index (κ3) is 5.42. The van der Waals surface area contributed by atoms with E-state index in [1.54, 1.807) is 0 Å². The van der Waals surface area contributed by atoms with Gasteiger partial charge in [-0.1, -0.05) is 30.3 Å². The quantitative estimate of drug-likeness (QED) is 0.598. The number of hydrogen-bond donors (Lipinski definition) is 4. The number of rotatable bonds is 7. The van der Waals surface area contributed by atoms with Crippen LogP contribution in [-0.2, 0) is 16.0 Å². The molecule has 2 aromatic carbocycles. The van der Waals surface area contributed by atoms with Gasteiger partial charge in [0.05, 0.1) is 11.6 Å². The van der Waals surface area contributed by atoms with Gasteiger partial charge in [0, 0.05) is 12.1 Å². The SMILES string of the molecule is C[C@H](N)C(=O)N[C@@H](Cc1ccccc1)C(=O)Nc1ccc(C(=O)O)cc1. The molecule has 5 N–H and O–H groups in total. The minimum atomic E-state index is -1.05. The molecule has 0 unspecified atom stereocenters. The lowest BCUT2D eigenvalue weighted by Gasteiger charge is -2.20. The van der Waals surface area contributed by atoms with Crippen LogP contribution >= 0.6 is 0 Å². The van der Waals surface area contributed by atoms with E-state index in [0.717, 1.165) is 5.56 Å². The monoisotopic (exact) mass is 355 g/mol. The molecule has 2 aromatic rings. The fraction of sp³-hybridized carbons (Fsp3) is 0.211. The number of aromatic carboxylic acids is 1. The van der Waals surface area contributed by atoms with Crippen molar-refractivity contribution in [2.24, 2.45) is 5.73 Å². The summed E-state index contributed by atoms with van der Waals surface area (Å²) in [6.45, 7) is 1.54. The highest BCUT2D eigenvalue weighted by Gasteiger charge is 2.23. The molecule has 0 spiro atoms. The number of anilines is 1. The Kier molecular flexibility index (Phi) is 6.46. The predicted octanol–water partition coefficient (Wildman–Crippen LogP) is 1.40. The molecule has 2 atom stereocenters. The molecule has 0 aliphatic heterocycles. The van der Waals surface area contributed by atoms with Crippen molar-refractivity contribution in [1.82, 2.24) is 5.32 Å². The maximum Gasteiger partial charge on any atom is 0.335 e. The fourth-order valence-electron chi connectivity index (χ4n) is 2.29. The van der Waals surface area contributed by atoms with Gasteiger partial charge in [-0.2, -0.15) is 0 Å². The van der Waals surface area contributed by atoms with E-state index in [-0.39, 0.29) is 5.56 Å². The van der Waals surface area contributed by atoms with Gasteiger partial charge in [-0.15, -0.1) is 0 Å².